The molecule has 0 aliphatic carbocycles. The van der Waals surface area contributed by atoms with Gasteiger partial charge in [0.05, 0.1) is 5.69 Å². The van der Waals surface area contributed by atoms with E-state index in [0.29, 0.717) is 18.8 Å². The molecule has 2 N–H and O–H groups in total. The zero-order valence-electron chi connectivity index (χ0n) is 9.86. The molecule has 0 aliphatic heterocycles. The van der Waals surface area contributed by atoms with Crippen LogP contribution in [0.5, 0.6) is 0 Å². The van der Waals surface area contributed by atoms with E-state index in [0.717, 1.165) is 22.1 Å². The molecule has 2 rings (SSSR count). The molecular weight excluding hydrogens is 276 g/mol. The van der Waals surface area contributed by atoms with Crippen molar-refractivity contribution in [1.82, 2.24) is 24.4 Å². The quantitative estimate of drug-likeness (QED) is 0.848. The molecule has 0 atom stereocenters. The van der Waals surface area contributed by atoms with Gasteiger partial charge in [0.1, 0.15) is 4.88 Å². The Hall–Kier alpha value is -1.39. The first-order valence-corrected chi connectivity index (χ1v) is 7.58. The van der Waals surface area contributed by atoms with E-state index in [9.17, 15) is 8.42 Å². The highest BCUT2D eigenvalue weighted by molar-refractivity contribution is 7.89. The van der Waals surface area contributed by atoms with Gasteiger partial charge < -0.3 is 0 Å². The molecule has 0 aliphatic rings. The van der Waals surface area contributed by atoms with Crippen LogP contribution in [-0.4, -0.2) is 32.8 Å². The summed E-state index contributed by atoms with van der Waals surface area (Å²) in [6.07, 6.45) is 0.688. The normalized spacial score (nSPS) is 11.9. The first kappa shape index (κ1) is 13.1. The summed E-state index contributed by atoms with van der Waals surface area (Å²) in [4.78, 5) is 0.724. The number of aromatic nitrogens is 5. The molecule has 0 saturated heterocycles. The Morgan fingerprint density at radius 2 is 2.00 bits per heavy atom. The fourth-order valence-corrected chi connectivity index (χ4v) is 2.98. The fourth-order valence-electron chi connectivity index (χ4n) is 1.56. The lowest BCUT2D eigenvalue weighted by Crippen LogP contribution is -2.18. The van der Waals surface area contributed by atoms with E-state index in [-0.39, 0.29) is 5.16 Å². The summed E-state index contributed by atoms with van der Waals surface area (Å²) in [5, 5.41) is 16.3. The predicted molar refractivity (Wildman–Crippen MR) is 65.4 cm³/mol. The van der Waals surface area contributed by atoms with E-state index in [4.69, 9.17) is 5.14 Å². The van der Waals surface area contributed by atoms with Crippen LogP contribution >= 0.6 is 11.5 Å². The first-order valence-electron chi connectivity index (χ1n) is 5.26. The van der Waals surface area contributed by atoms with Gasteiger partial charge in [-0.3, -0.25) is 4.57 Å². The van der Waals surface area contributed by atoms with Crippen LogP contribution in [-0.2, 0) is 23.0 Å². The minimum absolute atomic E-state index is 0.240. The second kappa shape index (κ2) is 4.71. The highest BCUT2D eigenvalue weighted by atomic mass is 32.2. The summed E-state index contributed by atoms with van der Waals surface area (Å²) < 4.78 is 28.0. The molecule has 2 heterocycles. The fraction of sp³-hybridized carbons (Fsp3) is 0.500. The minimum atomic E-state index is -3.88. The Labute approximate surface area is 108 Å². The van der Waals surface area contributed by atoms with Gasteiger partial charge in [-0.25, -0.2) is 13.6 Å². The van der Waals surface area contributed by atoms with Crippen LogP contribution in [0.25, 0.3) is 10.7 Å². The molecule has 0 amide bonds. The molecule has 0 radical (unpaired) electrons. The van der Waals surface area contributed by atoms with Crippen molar-refractivity contribution in [3.63, 3.8) is 0 Å². The van der Waals surface area contributed by atoms with Gasteiger partial charge in [0, 0.05) is 6.54 Å². The largest absolute Gasteiger partial charge is 0.296 e. The van der Waals surface area contributed by atoms with E-state index < -0.39 is 10.0 Å². The van der Waals surface area contributed by atoms with Gasteiger partial charge in [-0.1, -0.05) is 11.4 Å². The van der Waals surface area contributed by atoms with Crippen molar-refractivity contribution in [2.24, 2.45) is 5.14 Å². The highest BCUT2D eigenvalue weighted by Gasteiger charge is 2.23. The third-order valence-corrected chi connectivity index (χ3v) is 3.96. The Bertz CT molecular complexity index is 659. The van der Waals surface area contributed by atoms with Crippen molar-refractivity contribution >= 4 is 21.6 Å². The monoisotopic (exact) mass is 288 g/mol. The van der Waals surface area contributed by atoms with E-state index in [1.807, 2.05) is 6.92 Å². The molecule has 0 saturated carbocycles. The Kier molecular flexibility index (Phi) is 3.41. The van der Waals surface area contributed by atoms with E-state index >= 15 is 0 Å². The smallest absolute Gasteiger partial charge is 0.273 e. The van der Waals surface area contributed by atoms with Gasteiger partial charge in [-0.15, -0.1) is 15.3 Å². The number of sulfonamides is 1. The molecule has 8 nitrogen and oxygen atoms in total. The van der Waals surface area contributed by atoms with E-state index in [1.54, 1.807) is 6.92 Å². The zero-order chi connectivity index (χ0) is 13.3. The second-order valence-electron chi connectivity index (χ2n) is 3.50. The number of nitrogens with zero attached hydrogens (tertiary/aromatic N) is 5. The second-order valence-corrected chi connectivity index (χ2v) is 5.71. The van der Waals surface area contributed by atoms with Crippen LogP contribution < -0.4 is 5.14 Å². The standard InChI is InChI=1S/C8H12N6O2S2/c1-3-5-6(17-13-10-5)7-11-12-8(14(7)4-2)18(9,15)16/h3-4H2,1-2H3,(H2,9,15,16). The maximum atomic E-state index is 11.4. The van der Waals surface area contributed by atoms with Gasteiger partial charge in [0.2, 0.25) is 0 Å². The first-order chi connectivity index (χ1) is 8.49. The summed E-state index contributed by atoms with van der Waals surface area (Å²) in [6.45, 7) is 4.13. The lowest BCUT2D eigenvalue weighted by molar-refractivity contribution is 0.571. The number of primary sulfonamides is 1. The third-order valence-electron chi connectivity index (χ3n) is 2.38. The molecule has 0 unspecified atom stereocenters. The molecule has 0 aromatic carbocycles. The van der Waals surface area contributed by atoms with Crippen molar-refractivity contribution in [1.29, 1.82) is 0 Å². The van der Waals surface area contributed by atoms with Gasteiger partial charge >= 0.3 is 0 Å². The number of nitrogens with two attached hydrogens (primary N) is 1. The summed E-state index contributed by atoms with van der Waals surface area (Å²) in [5.74, 6) is 0.438. The van der Waals surface area contributed by atoms with Gasteiger partial charge in [0.25, 0.3) is 15.2 Å². The molecule has 0 spiro atoms. The van der Waals surface area contributed by atoms with Crippen LogP contribution in [0.2, 0.25) is 0 Å². The maximum absolute atomic E-state index is 11.4. The molecule has 18 heavy (non-hydrogen) atoms. The molecule has 2 aromatic heterocycles. The predicted octanol–water partition coefficient (Wildman–Crippen LogP) is 0.0263. The Morgan fingerprint density at radius 3 is 2.56 bits per heavy atom. The van der Waals surface area contributed by atoms with Crippen LogP contribution in [0.15, 0.2) is 5.16 Å². The van der Waals surface area contributed by atoms with E-state index in [2.05, 4.69) is 19.8 Å². The number of rotatable bonds is 4. The summed E-state index contributed by atoms with van der Waals surface area (Å²) in [5.41, 5.74) is 0.767. The van der Waals surface area contributed by atoms with Gasteiger partial charge in [-0.05, 0) is 24.9 Å². The van der Waals surface area contributed by atoms with Crippen LogP contribution in [0.1, 0.15) is 19.5 Å². The lowest BCUT2D eigenvalue weighted by atomic mass is 10.3. The third kappa shape index (κ3) is 2.13. The number of aryl methyl sites for hydroxylation is 1. The van der Waals surface area contributed by atoms with Crippen molar-refractivity contribution in [2.45, 2.75) is 32.0 Å². The zero-order valence-corrected chi connectivity index (χ0v) is 11.5. The molecule has 0 fully saturated rings. The molecule has 2 aromatic rings. The van der Waals surface area contributed by atoms with Crippen LogP contribution in [0.4, 0.5) is 0 Å². The topological polar surface area (TPSA) is 117 Å². The van der Waals surface area contributed by atoms with E-state index in [1.165, 1.54) is 4.57 Å². The summed E-state index contributed by atoms with van der Waals surface area (Å²) in [7, 11) is -3.88. The molecule has 98 valence electrons. The lowest BCUT2D eigenvalue weighted by Gasteiger charge is -2.04. The number of hydrogen-bond acceptors (Lipinski definition) is 7. The van der Waals surface area contributed by atoms with Crippen molar-refractivity contribution in [3.05, 3.63) is 5.69 Å². The Balaban J connectivity index is 2.64. The van der Waals surface area contributed by atoms with Gasteiger partial charge in [-0.2, -0.15) is 0 Å². The summed E-state index contributed by atoms with van der Waals surface area (Å²) >= 11 is 1.16. The minimum Gasteiger partial charge on any atom is -0.296 e. The highest BCUT2D eigenvalue weighted by Crippen LogP contribution is 2.26. The van der Waals surface area contributed by atoms with Crippen LogP contribution in [0, 0.1) is 0 Å². The van der Waals surface area contributed by atoms with Crippen molar-refractivity contribution < 1.29 is 8.42 Å². The SMILES string of the molecule is CCc1nnsc1-c1nnc(S(N)(=O)=O)n1CC. The van der Waals surface area contributed by atoms with Crippen molar-refractivity contribution in [3.8, 4) is 10.7 Å². The van der Waals surface area contributed by atoms with Crippen LogP contribution in [0.3, 0.4) is 0 Å². The average molecular weight is 288 g/mol. The molecular formula is C8H12N6O2S2. The Morgan fingerprint density at radius 1 is 1.28 bits per heavy atom. The maximum Gasteiger partial charge on any atom is 0.273 e. The number of hydrogen-bond donors (Lipinski definition) is 1. The molecule has 10 heteroatoms. The summed E-state index contributed by atoms with van der Waals surface area (Å²) in [6, 6.07) is 0. The average Bonchev–Trinajstić information content (AvgIpc) is 2.93. The molecule has 0 bridgehead atoms. The van der Waals surface area contributed by atoms with Gasteiger partial charge in [0.15, 0.2) is 5.82 Å². The van der Waals surface area contributed by atoms with Crippen molar-refractivity contribution in [2.75, 3.05) is 0 Å².